The van der Waals surface area contributed by atoms with E-state index in [-0.39, 0.29) is 16.9 Å². The number of nitrogens with one attached hydrogen (secondary N) is 1. The number of amides is 1. The molecular weight excluding hydrogens is 394 g/mol. The molecule has 0 bridgehead atoms. The highest BCUT2D eigenvalue weighted by atomic mass is 32.2. The molecule has 0 atom stereocenters. The predicted octanol–water partition coefficient (Wildman–Crippen LogP) is 6.86. The van der Waals surface area contributed by atoms with E-state index in [4.69, 9.17) is 0 Å². The van der Waals surface area contributed by atoms with Crippen molar-refractivity contribution >= 4 is 29.3 Å². The summed E-state index contributed by atoms with van der Waals surface area (Å²) in [4.78, 5) is 26.6. The topological polar surface area (TPSA) is 66.4 Å². The van der Waals surface area contributed by atoms with E-state index in [9.17, 15) is 14.7 Å². The van der Waals surface area contributed by atoms with Crippen molar-refractivity contribution in [2.24, 2.45) is 11.3 Å². The van der Waals surface area contributed by atoms with Crippen molar-refractivity contribution in [1.82, 2.24) is 0 Å². The van der Waals surface area contributed by atoms with Gasteiger partial charge in [-0.1, -0.05) is 69.1 Å². The van der Waals surface area contributed by atoms with Gasteiger partial charge in [-0.05, 0) is 55.9 Å². The second kappa shape index (κ2) is 10.2. The highest BCUT2D eigenvalue weighted by molar-refractivity contribution is 7.99. The molecule has 1 saturated carbocycles. The summed E-state index contributed by atoms with van der Waals surface area (Å²) in [5, 5.41) is 12.7. The average molecular weight is 426 g/mol. The van der Waals surface area contributed by atoms with E-state index in [2.05, 4.69) is 19.2 Å². The molecule has 1 aliphatic carbocycles. The Labute approximate surface area is 183 Å². The number of rotatable bonds is 8. The van der Waals surface area contributed by atoms with Gasteiger partial charge >= 0.3 is 5.97 Å². The van der Waals surface area contributed by atoms with Crippen LogP contribution in [-0.2, 0) is 4.79 Å². The molecule has 160 valence electrons. The monoisotopic (exact) mass is 425 g/mol. The minimum Gasteiger partial charge on any atom is -0.478 e. The van der Waals surface area contributed by atoms with Gasteiger partial charge in [0.15, 0.2) is 0 Å². The molecule has 0 aromatic heterocycles. The van der Waals surface area contributed by atoms with Crippen molar-refractivity contribution in [2.75, 3.05) is 5.32 Å². The second-order valence-corrected chi connectivity index (χ2v) is 9.71. The third-order valence-corrected chi connectivity index (χ3v) is 7.12. The Morgan fingerprint density at radius 1 is 1.00 bits per heavy atom. The van der Waals surface area contributed by atoms with E-state index in [0.717, 1.165) is 49.1 Å². The lowest BCUT2D eigenvalue weighted by atomic mass is 9.69. The van der Waals surface area contributed by atoms with Crippen LogP contribution in [0, 0.1) is 11.3 Å². The Balaban J connectivity index is 1.83. The molecule has 0 spiro atoms. The van der Waals surface area contributed by atoms with Gasteiger partial charge in [0.1, 0.15) is 0 Å². The molecule has 2 N–H and O–H groups in total. The largest absolute Gasteiger partial charge is 0.478 e. The van der Waals surface area contributed by atoms with Crippen LogP contribution >= 0.6 is 11.8 Å². The molecule has 0 heterocycles. The number of benzene rings is 2. The Kier molecular flexibility index (Phi) is 7.59. The third-order valence-electron chi connectivity index (χ3n) is 5.97. The van der Waals surface area contributed by atoms with Crippen LogP contribution in [0.15, 0.2) is 58.3 Å². The van der Waals surface area contributed by atoms with E-state index < -0.39 is 5.97 Å². The SMILES string of the molecule is CC(C)CCC1(C(=O)Nc2ccccc2Sc2ccccc2C(=O)O)CCCCC1. The normalized spacial score (nSPS) is 15.7. The minimum absolute atomic E-state index is 0.113. The lowest BCUT2D eigenvalue weighted by Crippen LogP contribution is -2.38. The van der Waals surface area contributed by atoms with Crippen molar-refractivity contribution in [3.63, 3.8) is 0 Å². The number of aromatic carboxylic acids is 1. The quantitative estimate of drug-likeness (QED) is 0.485. The molecule has 2 aromatic carbocycles. The van der Waals surface area contributed by atoms with Crippen LogP contribution in [0.25, 0.3) is 0 Å². The van der Waals surface area contributed by atoms with E-state index in [1.54, 1.807) is 18.2 Å². The van der Waals surface area contributed by atoms with Gasteiger partial charge in [-0.25, -0.2) is 4.79 Å². The first-order valence-corrected chi connectivity index (χ1v) is 11.6. The maximum absolute atomic E-state index is 13.5. The van der Waals surface area contributed by atoms with Crippen LogP contribution in [0.3, 0.4) is 0 Å². The number of carboxylic acid groups (broad SMARTS) is 1. The van der Waals surface area contributed by atoms with Crippen molar-refractivity contribution in [2.45, 2.75) is 68.6 Å². The molecule has 5 heteroatoms. The fourth-order valence-corrected chi connectivity index (χ4v) is 5.17. The molecule has 1 aliphatic rings. The summed E-state index contributed by atoms with van der Waals surface area (Å²) in [7, 11) is 0. The maximum Gasteiger partial charge on any atom is 0.336 e. The summed E-state index contributed by atoms with van der Waals surface area (Å²) in [6, 6.07) is 14.6. The van der Waals surface area contributed by atoms with Crippen LogP contribution in [0.1, 0.15) is 69.2 Å². The molecular formula is C25H31NO3S. The van der Waals surface area contributed by atoms with E-state index in [1.807, 2.05) is 30.3 Å². The zero-order valence-electron chi connectivity index (χ0n) is 17.8. The first-order chi connectivity index (χ1) is 14.4. The van der Waals surface area contributed by atoms with Crippen molar-refractivity contribution in [1.29, 1.82) is 0 Å². The molecule has 1 amide bonds. The Morgan fingerprint density at radius 2 is 1.63 bits per heavy atom. The van der Waals surface area contributed by atoms with Crippen LogP contribution in [0.5, 0.6) is 0 Å². The summed E-state index contributed by atoms with van der Waals surface area (Å²) in [5.74, 6) is -0.260. The smallest absolute Gasteiger partial charge is 0.336 e. The van der Waals surface area contributed by atoms with Crippen LogP contribution in [0.4, 0.5) is 5.69 Å². The minimum atomic E-state index is -0.950. The number of anilines is 1. The molecule has 3 rings (SSSR count). The first kappa shape index (κ1) is 22.4. The predicted molar refractivity (Wildman–Crippen MR) is 122 cm³/mol. The lowest BCUT2D eigenvalue weighted by molar-refractivity contribution is -0.128. The summed E-state index contributed by atoms with van der Waals surface area (Å²) in [6.07, 6.45) is 7.28. The Bertz CT molecular complexity index is 887. The molecule has 0 saturated heterocycles. The maximum atomic E-state index is 13.5. The number of carbonyl (C=O) groups is 2. The van der Waals surface area contributed by atoms with Crippen molar-refractivity contribution in [3.05, 3.63) is 54.1 Å². The third kappa shape index (κ3) is 5.45. The molecule has 1 fully saturated rings. The fraction of sp³-hybridized carbons (Fsp3) is 0.440. The number of hydrogen-bond donors (Lipinski definition) is 2. The second-order valence-electron chi connectivity index (χ2n) is 8.63. The highest BCUT2D eigenvalue weighted by Gasteiger charge is 2.39. The van der Waals surface area contributed by atoms with Gasteiger partial charge < -0.3 is 10.4 Å². The molecule has 0 aliphatic heterocycles. The van der Waals surface area contributed by atoms with Gasteiger partial charge in [0, 0.05) is 15.2 Å². The zero-order chi connectivity index (χ0) is 21.6. The number of carbonyl (C=O) groups excluding carboxylic acids is 1. The van der Waals surface area contributed by atoms with E-state index >= 15 is 0 Å². The zero-order valence-corrected chi connectivity index (χ0v) is 18.6. The molecule has 0 radical (unpaired) electrons. The number of para-hydroxylation sites is 1. The van der Waals surface area contributed by atoms with E-state index in [1.165, 1.54) is 18.2 Å². The summed E-state index contributed by atoms with van der Waals surface area (Å²) >= 11 is 1.38. The van der Waals surface area contributed by atoms with E-state index in [0.29, 0.717) is 10.8 Å². The molecule has 30 heavy (non-hydrogen) atoms. The highest BCUT2D eigenvalue weighted by Crippen LogP contribution is 2.43. The van der Waals surface area contributed by atoms with Gasteiger partial charge in [-0.2, -0.15) is 0 Å². The molecule has 4 nitrogen and oxygen atoms in total. The van der Waals surface area contributed by atoms with Crippen LogP contribution in [-0.4, -0.2) is 17.0 Å². The van der Waals surface area contributed by atoms with Gasteiger partial charge in [0.25, 0.3) is 0 Å². The van der Waals surface area contributed by atoms with Gasteiger partial charge in [-0.15, -0.1) is 0 Å². The van der Waals surface area contributed by atoms with Crippen LogP contribution < -0.4 is 5.32 Å². The number of hydrogen-bond acceptors (Lipinski definition) is 3. The van der Waals surface area contributed by atoms with Crippen molar-refractivity contribution < 1.29 is 14.7 Å². The van der Waals surface area contributed by atoms with Crippen molar-refractivity contribution in [3.8, 4) is 0 Å². The van der Waals surface area contributed by atoms with Crippen LogP contribution in [0.2, 0.25) is 0 Å². The van der Waals surface area contributed by atoms with Gasteiger partial charge in [-0.3, -0.25) is 4.79 Å². The Hall–Kier alpha value is -2.27. The molecule has 2 aromatic rings. The van der Waals surface area contributed by atoms with Gasteiger partial charge in [0.05, 0.1) is 11.3 Å². The average Bonchev–Trinajstić information content (AvgIpc) is 2.74. The fourth-order valence-electron chi connectivity index (χ4n) is 4.15. The Morgan fingerprint density at radius 3 is 2.30 bits per heavy atom. The summed E-state index contributed by atoms with van der Waals surface area (Å²) in [5.41, 5.74) is 0.728. The summed E-state index contributed by atoms with van der Waals surface area (Å²) < 4.78 is 0. The summed E-state index contributed by atoms with van der Waals surface area (Å²) in [6.45, 7) is 4.42. The molecule has 0 unspecified atom stereocenters. The first-order valence-electron chi connectivity index (χ1n) is 10.8. The number of carboxylic acids is 1. The standard InChI is InChI=1S/C25H31NO3S/c1-18(2)14-17-25(15-8-3-9-16-25)24(29)26-20-11-5-7-13-22(20)30-21-12-6-4-10-19(21)23(27)28/h4-7,10-13,18H,3,8-9,14-17H2,1-2H3,(H,26,29)(H,27,28). The van der Waals surface area contributed by atoms with Gasteiger partial charge in [0.2, 0.25) is 5.91 Å². The lowest BCUT2D eigenvalue weighted by Gasteiger charge is -2.36.